The van der Waals surface area contributed by atoms with Crippen LogP contribution in [0.15, 0.2) is 30.2 Å². The number of nitriles is 1. The lowest BCUT2D eigenvalue weighted by atomic mass is 9.90. The maximum Gasteiger partial charge on any atom is 0.242 e. The molecule has 1 aromatic rings. The van der Waals surface area contributed by atoms with Crippen molar-refractivity contribution in [3.63, 3.8) is 0 Å². The van der Waals surface area contributed by atoms with Crippen LogP contribution < -0.4 is 4.90 Å². The first-order valence-electron chi connectivity index (χ1n) is 7.43. The summed E-state index contributed by atoms with van der Waals surface area (Å²) in [6.07, 6.45) is 5.78. The molecule has 0 radical (unpaired) electrons. The van der Waals surface area contributed by atoms with Crippen molar-refractivity contribution in [2.75, 3.05) is 11.4 Å². The number of piperidine rings is 1. The van der Waals surface area contributed by atoms with E-state index in [0.29, 0.717) is 18.8 Å². The van der Waals surface area contributed by atoms with E-state index < -0.39 is 5.16 Å². The number of amides is 1. The summed E-state index contributed by atoms with van der Waals surface area (Å²) < 4.78 is 0. The van der Waals surface area contributed by atoms with Gasteiger partial charge in [0.2, 0.25) is 5.91 Å². The first kappa shape index (κ1) is 17.2. The molecule has 0 saturated carbocycles. The number of nitrogens with zero attached hydrogens (tertiary/aromatic N) is 4. The third-order valence-corrected chi connectivity index (χ3v) is 4.47. The molecule has 1 saturated heterocycles. The molecular formula is C16H19N4O2P. The number of hydrogen-bond donors (Lipinski definition) is 0. The minimum Gasteiger partial charge on any atom is -0.296 e. The lowest BCUT2D eigenvalue weighted by Gasteiger charge is -2.37. The molecule has 120 valence electrons. The minimum atomic E-state index is -0.960. The summed E-state index contributed by atoms with van der Waals surface area (Å²) in [7, 11) is 2.51. The van der Waals surface area contributed by atoms with Crippen molar-refractivity contribution < 1.29 is 9.59 Å². The average molecular weight is 330 g/mol. The Labute approximate surface area is 137 Å². The van der Waals surface area contributed by atoms with Gasteiger partial charge in [-0.2, -0.15) is 5.26 Å². The van der Waals surface area contributed by atoms with Crippen molar-refractivity contribution in [2.45, 2.75) is 31.8 Å². The predicted molar refractivity (Wildman–Crippen MR) is 89.6 cm³/mol. The zero-order valence-electron chi connectivity index (χ0n) is 13.2. The number of ketones is 1. The highest BCUT2D eigenvalue weighted by Gasteiger charge is 2.40. The molecule has 1 fully saturated rings. The van der Waals surface area contributed by atoms with Gasteiger partial charge in [0.1, 0.15) is 18.2 Å². The highest BCUT2D eigenvalue weighted by Crippen LogP contribution is 2.35. The molecule has 23 heavy (non-hydrogen) atoms. The summed E-state index contributed by atoms with van der Waals surface area (Å²) in [6, 6.07) is 3.60. The first-order valence-corrected chi connectivity index (χ1v) is 8.01. The minimum absolute atomic E-state index is 0.0351. The van der Waals surface area contributed by atoms with Gasteiger partial charge in [-0.15, -0.1) is 9.24 Å². The summed E-state index contributed by atoms with van der Waals surface area (Å²) in [4.78, 5) is 34.5. The van der Waals surface area contributed by atoms with Crippen LogP contribution in [0, 0.1) is 17.2 Å². The largest absolute Gasteiger partial charge is 0.296 e. The lowest BCUT2D eigenvalue weighted by molar-refractivity contribution is -0.121. The van der Waals surface area contributed by atoms with Crippen LogP contribution in [-0.4, -0.2) is 33.4 Å². The predicted octanol–water partition coefficient (Wildman–Crippen LogP) is 1.89. The summed E-state index contributed by atoms with van der Waals surface area (Å²) in [5, 5.41) is 8.31. The van der Waals surface area contributed by atoms with Crippen molar-refractivity contribution in [2.24, 2.45) is 5.92 Å². The van der Waals surface area contributed by atoms with Crippen LogP contribution in [0.25, 0.3) is 0 Å². The summed E-state index contributed by atoms with van der Waals surface area (Å²) >= 11 is 0. The molecule has 0 aliphatic carbocycles. The van der Waals surface area contributed by atoms with E-state index in [1.807, 2.05) is 6.07 Å². The third kappa shape index (κ3) is 3.62. The highest BCUT2D eigenvalue weighted by atomic mass is 31.0. The number of Topliss-reactive ketones (excluding diaryl/α,β-unsaturated/α-hetero) is 1. The Morgan fingerprint density at radius 2 is 2.30 bits per heavy atom. The van der Waals surface area contributed by atoms with Crippen LogP contribution in [0.2, 0.25) is 0 Å². The number of hydrogen-bond acceptors (Lipinski definition) is 5. The number of anilines is 1. The second kappa shape index (κ2) is 6.97. The summed E-state index contributed by atoms with van der Waals surface area (Å²) in [5.41, 5.74) is 0.0351. The molecule has 0 spiro atoms. The second-order valence-corrected chi connectivity index (χ2v) is 6.89. The van der Waals surface area contributed by atoms with E-state index in [0.717, 1.165) is 6.42 Å². The molecule has 2 rings (SSSR count). The molecule has 7 heteroatoms. The molecule has 1 amide bonds. The Hall–Kier alpha value is -2.12. The monoisotopic (exact) mass is 330 g/mol. The Balaban J connectivity index is 2.35. The standard InChI is InChI=1S/C16H19N4O2P/c1-11(2)14(21)12(9-17)8-16(23)5-3-7-20(15(16)22)13-4-6-18-10-19-13/h4,6,8,10-11H,3,5,7,23H2,1-2H3/b12-8-/t16-/m1/s1. The van der Waals surface area contributed by atoms with Crippen molar-refractivity contribution in [3.8, 4) is 6.07 Å². The number of carbonyl (C=O) groups is 2. The molecule has 1 aliphatic heterocycles. The van der Waals surface area contributed by atoms with E-state index in [1.165, 1.54) is 12.4 Å². The molecule has 2 atom stereocenters. The van der Waals surface area contributed by atoms with Crippen molar-refractivity contribution >= 4 is 26.7 Å². The van der Waals surface area contributed by atoms with Gasteiger partial charge in [-0.3, -0.25) is 14.5 Å². The van der Waals surface area contributed by atoms with Crippen LogP contribution >= 0.6 is 9.24 Å². The molecule has 0 N–H and O–H groups in total. The van der Waals surface area contributed by atoms with Crippen LogP contribution in [-0.2, 0) is 9.59 Å². The summed E-state index contributed by atoms with van der Waals surface area (Å²) in [6.45, 7) is 4.03. The van der Waals surface area contributed by atoms with Gasteiger partial charge in [0.05, 0.1) is 10.7 Å². The first-order chi connectivity index (χ1) is 10.9. The van der Waals surface area contributed by atoms with Gasteiger partial charge in [-0.25, -0.2) is 9.97 Å². The molecule has 0 bridgehead atoms. The highest BCUT2D eigenvalue weighted by molar-refractivity contribution is 7.21. The Kier molecular flexibility index (Phi) is 5.23. The molecule has 6 nitrogen and oxygen atoms in total. The quantitative estimate of drug-likeness (QED) is 0.478. The van der Waals surface area contributed by atoms with Crippen LogP contribution in [0.4, 0.5) is 5.82 Å². The van der Waals surface area contributed by atoms with Gasteiger partial charge >= 0.3 is 0 Å². The van der Waals surface area contributed by atoms with Gasteiger partial charge in [-0.05, 0) is 25.0 Å². The molecule has 2 heterocycles. The van der Waals surface area contributed by atoms with Gasteiger partial charge < -0.3 is 0 Å². The lowest BCUT2D eigenvalue weighted by Crippen LogP contribution is -2.49. The normalized spacial score (nSPS) is 22.1. The fourth-order valence-electron chi connectivity index (χ4n) is 2.51. The second-order valence-electron chi connectivity index (χ2n) is 5.86. The number of carbonyl (C=O) groups excluding carboxylic acids is 2. The fourth-order valence-corrected chi connectivity index (χ4v) is 3.04. The molecule has 1 aliphatic rings. The molecule has 1 unspecified atom stereocenters. The average Bonchev–Trinajstić information content (AvgIpc) is 2.55. The molecule has 1 aromatic heterocycles. The van der Waals surface area contributed by atoms with Gasteiger partial charge in [0.15, 0.2) is 5.78 Å². The van der Waals surface area contributed by atoms with Crippen LogP contribution in [0.3, 0.4) is 0 Å². The van der Waals surface area contributed by atoms with E-state index >= 15 is 0 Å². The smallest absolute Gasteiger partial charge is 0.242 e. The number of rotatable bonds is 4. The molecule has 0 aromatic carbocycles. The van der Waals surface area contributed by atoms with Crippen molar-refractivity contribution in [1.29, 1.82) is 5.26 Å². The molecular weight excluding hydrogens is 311 g/mol. The fraction of sp³-hybridized carbons (Fsp3) is 0.438. The Morgan fingerprint density at radius 3 is 2.87 bits per heavy atom. The SMILES string of the molecule is CC(C)C(=O)/C(C#N)=C\[C@]1(P)CCCN(c2ccncn2)C1=O. The van der Waals surface area contributed by atoms with Gasteiger partial charge in [-0.1, -0.05) is 13.8 Å². The zero-order valence-corrected chi connectivity index (χ0v) is 14.3. The maximum absolute atomic E-state index is 12.9. The Morgan fingerprint density at radius 1 is 1.57 bits per heavy atom. The van der Waals surface area contributed by atoms with Gasteiger partial charge in [0.25, 0.3) is 0 Å². The van der Waals surface area contributed by atoms with E-state index in [9.17, 15) is 14.9 Å². The van der Waals surface area contributed by atoms with E-state index in [2.05, 4.69) is 19.2 Å². The maximum atomic E-state index is 12.9. The zero-order chi connectivity index (χ0) is 17.0. The Bertz CT molecular complexity index is 681. The van der Waals surface area contributed by atoms with Crippen molar-refractivity contribution in [1.82, 2.24) is 9.97 Å². The third-order valence-electron chi connectivity index (χ3n) is 3.77. The van der Waals surface area contributed by atoms with Crippen LogP contribution in [0.1, 0.15) is 26.7 Å². The summed E-state index contributed by atoms with van der Waals surface area (Å²) in [5.74, 6) is -0.192. The van der Waals surface area contributed by atoms with Crippen LogP contribution in [0.5, 0.6) is 0 Å². The number of allylic oxidation sites excluding steroid dienone is 1. The number of aromatic nitrogens is 2. The van der Waals surface area contributed by atoms with E-state index in [4.69, 9.17) is 0 Å². The van der Waals surface area contributed by atoms with Gasteiger partial charge in [0, 0.05) is 18.7 Å². The van der Waals surface area contributed by atoms with E-state index in [1.54, 1.807) is 31.0 Å². The van der Waals surface area contributed by atoms with E-state index in [-0.39, 0.29) is 23.2 Å². The van der Waals surface area contributed by atoms with Crippen molar-refractivity contribution in [3.05, 3.63) is 30.2 Å². The topological polar surface area (TPSA) is 86.9 Å².